The number of oxazole rings is 1. The minimum atomic E-state index is -4.29. The van der Waals surface area contributed by atoms with E-state index < -0.39 is 10.1 Å². The molecular weight excluding hydrogens is 412 g/mol. The maximum Gasteiger partial charge on any atom is 0.340 e. The lowest BCUT2D eigenvalue weighted by Crippen LogP contribution is -2.12. The fourth-order valence-electron chi connectivity index (χ4n) is 2.83. The summed E-state index contributed by atoms with van der Waals surface area (Å²) in [6.45, 7) is 1.93. The Morgan fingerprint density at radius 2 is 1.90 bits per heavy atom. The van der Waals surface area contributed by atoms with Crippen molar-refractivity contribution in [3.63, 3.8) is 0 Å². The van der Waals surface area contributed by atoms with Crippen molar-refractivity contribution in [1.82, 2.24) is 4.98 Å². The van der Waals surface area contributed by atoms with Crippen molar-refractivity contribution >= 4 is 32.8 Å². The molecule has 1 aromatic heterocycles. The zero-order valence-corrected chi connectivity index (χ0v) is 16.7. The zero-order valence-electron chi connectivity index (χ0n) is 15.1. The molecule has 3 aromatic carbocycles. The van der Waals surface area contributed by atoms with E-state index in [0.717, 1.165) is 5.56 Å². The first-order chi connectivity index (χ1) is 13.9. The van der Waals surface area contributed by atoms with Crippen LogP contribution in [0.2, 0.25) is 5.02 Å². The molecule has 0 amide bonds. The van der Waals surface area contributed by atoms with Gasteiger partial charge in [-0.15, -0.1) is 0 Å². The second kappa shape index (κ2) is 7.24. The smallest absolute Gasteiger partial charge is 0.340 e. The van der Waals surface area contributed by atoms with Gasteiger partial charge in [-0.25, -0.2) is 4.98 Å². The summed E-state index contributed by atoms with van der Waals surface area (Å²) in [6, 6.07) is 17.7. The number of aromatic nitrogens is 1. The van der Waals surface area contributed by atoms with Gasteiger partial charge in [-0.2, -0.15) is 13.7 Å². The van der Waals surface area contributed by atoms with Crippen LogP contribution in [-0.2, 0) is 10.1 Å². The van der Waals surface area contributed by atoms with Crippen molar-refractivity contribution in [2.24, 2.45) is 0 Å². The summed E-state index contributed by atoms with van der Waals surface area (Å²) in [5, 5.41) is 9.49. The van der Waals surface area contributed by atoms with Crippen LogP contribution in [0.15, 0.2) is 70.0 Å². The zero-order chi connectivity index (χ0) is 20.6. The van der Waals surface area contributed by atoms with E-state index in [1.54, 1.807) is 18.2 Å². The molecule has 0 aliphatic heterocycles. The van der Waals surface area contributed by atoms with Crippen LogP contribution in [0.3, 0.4) is 0 Å². The number of hydrogen-bond donors (Lipinski definition) is 0. The highest BCUT2D eigenvalue weighted by atomic mass is 35.5. The fourth-order valence-corrected chi connectivity index (χ4v) is 4.08. The quantitative estimate of drug-likeness (QED) is 0.423. The molecule has 0 radical (unpaired) electrons. The molecule has 0 N–H and O–H groups in total. The number of rotatable bonds is 4. The van der Waals surface area contributed by atoms with Crippen LogP contribution < -0.4 is 4.18 Å². The number of nitrogens with zero attached hydrogens (tertiary/aromatic N) is 2. The van der Waals surface area contributed by atoms with E-state index in [1.807, 2.05) is 31.2 Å². The van der Waals surface area contributed by atoms with E-state index in [2.05, 4.69) is 4.98 Å². The SMILES string of the molecule is Cc1ccc2nc(-c3ccc(Cl)cc3OS(=O)(=O)c3ccccc3C#N)oc2c1. The maximum atomic E-state index is 12.8. The van der Waals surface area contributed by atoms with Gasteiger partial charge in [-0.3, -0.25) is 0 Å². The summed E-state index contributed by atoms with van der Waals surface area (Å²) < 4.78 is 36.8. The van der Waals surface area contributed by atoms with Crippen molar-refractivity contribution in [1.29, 1.82) is 5.26 Å². The van der Waals surface area contributed by atoms with Gasteiger partial charge in [0.15, 0.2) is 11.3 Å². The molecule has 1 heterocycles. The summed E-state index contributed by atoms with van der Waals surface area (Å²) in [7, 11) is -4.29. The van der Waals surface area contributed by atoms with Gasteiger partial charge < -0.3 is 8.60 Å². The predicted octanol–water partition coefficient (Wildman–Crippen LogP) is 5.10. The fraction of sp³-hybridized carbons (Fsp3) is 0.0476. The molecule has 0 aliphatic carbocycles. The number of fused-ring (bicyclic) bond motifs is 1. The number of hydrogen-bond acceptors (Lipinski definition) is 6. The molecule has 4 rings (SSSR count). The summed E-state index contributed by atoms with van der Waals surface area (Å²) in [4.78, 5) is 4.18. The van der Waals surface area contributed by atoms with Gasteiger partial charge in [-0.05, 0) is 48.9 Å². The molecule has 0 fully saturated rings. The second-order valence-electron chi connectivity index (χ2n) is 6.28. The van der Waals surface area contributed by atoms with Crippen molar-refractivity contribution in [3.05, 3.63) is 76.8 Å². The molecule has 4 aromatic rings. The van der Waals surface area contributed by atoms with Crippen molar-refractivity contribution in [2.45, 2.75) is 11.8 Å². The molecule has 0 unspecified atom stereocenters. The van der Waals surface area contributed by atoms with E-state index in [9.17, 15) is 13.7 Å². The summed E-state index contributed by atoms with van der Waals surface area (Å²) in [5.41, 5.74) is 2.50. The highest BCUT2D eigenvalue weighted by Crippen LogP contribution is 2.36. The Morgan fingerprint density at radius 1 is 1.10 bits per heavy atom. The number of nitriles is 1. The standard InChI is InChI=1S/C21H13ClN2O4S/c1-13-6-9-17-19(10-13)27-21(24-17)16-8-7-15(22)11-18(16)28-29(25,26)20-5-3-2-4-14(20)12-23/h2-11H,1H3. The Bertz CT molecular complexity index is 1390. The third kappa shape index (κ3) is 3.68. The number of benzene rings is 3. The largest absolute Gasteiger partial charge is 0.436 e. The van der Waals surface area contributed by atoms with Crippen LogP contribution in [0.5, 0.6) is 5.75 Å². The molecule has 0 saturated heterocycles. The first-order valence-electron chi connectivity index (χ1n) is 8.48. The highest BCUT2D eigenvalue weighted by molar-refractivity contribution is 7.87. The molecule has 0 spiro atoms. The average molecular weight is 425 g/mol. The van der Waals surface area contributed by atoms with Crippen LogP contribution in [0.25, 0.3) is 22.6 Å². The number of halogens is 1. The normalized spacial score (nSPS) is 11.3. The van der Waals surface area contributed by atoms with E-state index >= 15 is 0 Å². The molecule has 8 heteroatoms. The van der Waals surface area contributed by atoms with Crippen LogP contribution in [0, 0.1) is 18.3 Å². The van der Waals surface area contributed by atoms with Crippen molar-refractivity contribution in [3.8, 4) is 23.3 Å². The molecule has 0 atom stereocenters. The molecule has 6 nitrogen and oxygen atoms in total. The topological polar surface area (TPSA) is 93.2 Å². The second-order valence-corrected chi connectivity index (χ2v) is 8.23. The summed E-state index contributed by atoms with van der Waals surface area (Å²) in [5.74, 6) is 0.148. The predicted molar refractivity (Wildman–Crippen MR) is 108 cm³/mol. The van der Waals surface area contributed by atoms with E-state index in [-0.39, 0.29) is 27.1 Å². The minimum absolute atomic E-state index is 0.0200. The van der Waals surface area contributed by atoms with E-state index in [1.165, 1.54) is 24.3 Å². The van der Waals surface area contributed by atoms with Crippen molar-refractivity contribution < 1.29 is 17.0 Å². The van der Waals surface area contributed by atoms with Gasteiger partial charge in [0.1, 0.15) is 16.5 Å². The maximum absolute atomic E-state index is 12.8. The lowest BCUT2D eigenvalue weighted by atomic mass is 10.2. The lowest BCUT2D eigenvalue weighted by molar-refractivity contribution is 0.485. The van der Waals surface area contributed by atoms with Crippen LogP contribution in [-0.4, -0.2) is 13.4 Å². The molecular formula is C21H13ClN2O4S. The molecule has 144 valence electrons. The van der Waals surface area contributed by atoms with E-state index in [4.69, 9.17) is 20.2 Å². The first-order valence-corrected chi connectivity index (χ1v) is 10.3. The van der Waals surface area contributed by atoms with Gasteiger partial charge >= 0.3 is 10.1 Å². The van der Waals surface area contributed by atoms with Crippen LogP contribution >= 0.6 is 11.6 Å². The summed E-state index contributed by atoms with van der Waals surface area (Å²) in [6.07, 6.45) is 0. The van der Waals surface area contributed by atoms with Gasteiger partial charge in [0.25, 0.3) is 0 Å². The third-order valence-electron chi connectivity index (χ3n) is 4.19. The Kier molecular flexibility index (Phi) is 4.74. The highest BCUT2D eigenvalue weighted by Gasteiger charge is 2.24. The monoisotopic (exact) mass is 424 g/mol. The number of aryl methyl sites for hydroxylation is 1. The molecule has 29 heavy (non-hydrogen) atoms. The van der Waals surface area contributed by atoms with Crippen molar-refractivity contribution in [2.75, 3.05) is 0 Å². The summed E-state index contributed by atoms with van der Waals surface area (Å²) >= 11 is 6.06. The Hall–Kier alpha value is -3.34. The minimum Gasteiger partial charge on any atom is -0.436 e. The molecule has 0 aliphatic rings. The third-order valence-corrected chi connectivity index (χ3v) is 5.72. The van der Waals surface area contributed by atoms with Gasteiger partial charge in [0, 0.05) is 11.1 Å². The molecule has 0 bridgehead atoms. The van der Waals surface area contributed by atoms with Gasteiger partial charge in [0.2, 0.25) is 5.89 Å². The molecule has 0 saturated carbocycles. The van der Waals surface area contributed by atoms with Gasteiger partial charge in [0.05, 0.1) is 11.1 Å². The lowest BCUT2D eigenvalue weighted by Gasteiger charge is -2.11. The van der Waals surface area contributed by atoms with Crippen LogP contribution in [0.4, 0.5) is 0 Å². The van der Waals surface area contributed by atoms with E-state index in [0.29, 0.717) is 16.7 Å². The first kappa shape index (κ1) is 19.0. The Morgan fingerprint density at radius 3 is 2.69 bits per heavy atom. The van der Waals surface area contributed by atoms with Gasteiger partial charge in [-0.1, -0.05) is 29.8 Å². The Balaban J connectivity index is 1.82. The van der Waals surface area contributed by atoms with Crippen LogP contribution in [0.1, 0.15) is 11.1 Å². The average Bonchev–Trinajstić information content (AvgIpc) is 3.10. The Labute approximate surface area is 172 Å².